The lowest BCUT2D eigenvalue weighted by Crippen LogP contribution is -2.73. The van der Waals surface area contributed by atoms with Crippen LogP contribution in [0, 0.1) is 5.92 Å². The van der Waals surface area contributed by atoms with Crippen LogP contribution in [-0.2, 0) is 26.2 Å². The number of hydrogen-bond donors (Lipinski definition) is 1. The molecular weight excluding hydrogens is 536 g/mol. The molecule has 0 aromatic heterocycles. The first-order valence-electron chi connectivity index (χ1n) is 16.3. The molecular formula is C37H53N2O4+. The average Bonchev–Trinajstić information content (AvgIpc) is 2.97. The maximum absolute atomic E-state index is 13.2. The summed E-state index contributed by atoms with van der Waals surface area (Å²) in [6.45, 7) is 14.0. The Morgan fingerprint density at radius 2 is 1.88 bits per heavy atom. The van der Waals surface area contributed by atoms with E-state index >= 15 is 0 Å². The van der Waals surface area contributed by atoms with E-state index in [4.69, 9.17) is 9.47 Å². The zero-order valence-electron chi connectivity index (χ0n) is 26.9. The minimum Gasteiger partial charge on any atom is -0.427 e. The van der Waals surface area contributed by atoms with Crippen LogP contribution in [0.2, 0.25) is 0 Å². The van der Waals surface area contributed by atoms with Crippen molar-refractivity contribution in [3.63, 3.8) is 0 Å². The summed E-state index contributed by atoms with van der Waals surface area (Å²) in [5.74, 6) is 0.931. The third-order valence-corrected chi connectivity index (χ3v) is 9.85. The number of fused-ring (bicyclic) bond motifs is 1. The maximum atomic E-state index is 13.2. The van der Waals surface area contributed by atoms with Gasteiger partial charge >= 0.3 is 5.97 Å². The number of methoxy groups -OCH3 is 1. The molecule has 1 aliphatic carbocycles. The van der Waals surface area contributed by atoms with E-state index in [0.717, 1.165) is 87.6 Å². The first-order valence-corrected chi connectivity index (χ1v) is 16.3. The van der Waals surface area contributed by atoms with Crippen LogP contribution >= 0.6 is 0 Å². The molecule has 1 heterocycles. The Kier molecular flexibility index (Phi) is 11.2. The molecule has 0 radical (unpaired) electrons. The molecule has 6 nitrogen and oxygen atoms in total. The topological polar surface area (TPSA) is 64.6 Å². The minimum absolute atomic E-state index is 0.0713. The van der Waals surface area contributed by atoms with Gasteiger partial charge in [0.05, 0.1) is 19.6 Å². The molecule has 1 N–H and O–H groups in total. The van der Waals surface area contributed by atoms with E-state index in [9.17, 15) is 9.59 Å². The van der Waals surface area contributed by atoms with Gasteiger partial charge in [-0.05, 0) is 67.9 Å². The summed E-state index contributed by atoms with van der Waals surface area (Å²) in [4.78, 5) is 25.0. The third-order valence-electron chi connectivity index (χ3n) is 9.85. The molecule has 1 aliphatic heterocycles. The zero-order chi connectivity index (χ0) is 30.9. The molecule has 4 rings (SSSR count). The van der Waals surface area contributed by atoms with Crippen molar-refractivity contribution >= 4 is 11.9 Å². The quantitative estimate of drug-likeness (QED) is 0.0869. The van der Waals surface area contributed by atoms with Crippen molar-refractivity contribution in [2.45, 2.75) is 95.6 Å². The van der Waals surface area contributed by atoms with Crippen LogP contribution in [0.3, 0.4) is 0 Å². The molecule has 43 heavy (non-hydrogen) atoms. The summed E-state index contributed by atoms with van der Waals surface area (Å²) in [5.41, 5.74) is 1.77. The largest absolute Gasteiger partial charge is 0.427 e. The number of rotatable bonds is 14. The third kappa shape index (κ3) is 7.96. The molecule has 2 aromatic rings. The van der Waals surface area contributed by atoms with Crippen LogP contribution in [0.25, 0.3) is 0 Å². The van der Waals surface area contributed by atoms with Gasteiger partial charge in [-0.3, -0.25) is 9.59 Å². The lowest BCUT2D eigenvalue weighted by Gasteiger charge is -2.62. The Morgan fingerprint density at radius 1 is 1.09 bits per heavy atom. The molecule has 1 unspecified atom stereocenters. The van der Waals surface area contributed by atoms with E-state index in [0.29, 0.717) is 18.1 Å². The van der Waals surface area contributed by atoms with Gasteiger partial charge in [0.25, 0.3) is 0 Å². The number of unbranched alkanes of at least 4 members (excludes halogenated alkanes) is 2. The van der Waals surface area contributed by atoms with E-state index in [-0.39, 0.29) is 23.3 Å². The molecule has 4 atom stereocenters. The number of nitrogens with zero attached hydrogens (tertiary/aromatic N) is 1. The van der Waals surface area contributed by atoms with Crippen molar-refractivity contribution in [2.24, 2.45) is 5.92 Å². The minimum atomic E-state index is -0.406. The molecule has 2 aromatic carbocycles. The van der Waals surface area contributed by atoms with Crippen molar-refractivity contribution in [2.75, 3.05) is 33.3 Å². The molecule has 234 valence electrons. The average molecular weight is 590 g/mol. The fourth-order valence-electron chi connectivity index (χ4n) is 8.17. The number of aryl methyl sites for hydroxylation is 1. The first kappa shape index (κ1) is 32.9. The van der Waals surface area contributed by atoms with Gasteiger partial charge in [0, 0.05) is 44.2 Å². The summed E-state index contributed by atoms with van der Waals surface area (Å²) in [6, 6.07) is 18.6. The Bertz CT molecular complexity index is 1230. The summed E-state index contributed by atoms with van der Waals surface area (Å²) >= 11 is 0. The number of esters is 1. The SMILES string of the molecule is C=CC[N@@+]1(CC(C)C)CC[C@]2(c3cccc(OC(C)=O)c3)C[C@@H](NC(=O)CCCCCc3ccccc3)CCC2(OC)C1. The number of carbonyl (C=O) groups excluding carboxylic acids is 2. The monoisotopic (exact) mass is 589 g/mol. The zero-order valence-corrected chi connectivity index (χ0v) is 26.9. The normalized spacial score (nSPS) is 26.9. The number of carbonyl (C=O) groups is 2. The van der Waals surface area contributed by atoms with Crippen LogP contribution in [0.1, 0.15) is 83.3 Å². The highest BCUT2D eigenvalue weighted by Gasteiger charge is 2.63. The highest BCUT2D eigenvalue weighted by atomic mass is 16.5. The number of benzene rings is 2. The summed E-state index contributed by atoms with van der Waals surface area (Å²) in [7, 11) is 1.86. The van der Waals surface area contributed by atoms with Gasteiger partial charge in [-0.2, -0.15) is 0 Å². The van der Waals surface area contributed by atoms with Gasteiger partial charge in [0.2, 0.25) is 5.91 Å². The highest BCUT2D eigenvalue weighted by Crippen LogP contribution is 2.55. The predicted molar refractivity (Wildman–Crippen MR) is 173 cm³/mol. The number of amides is 1. The Morgan fingerprint density at radius 3 is 2.58 bits per heavy atom. The summed E-state index contributed by atoms with van der Waals surface area (Å²) < 4.78 is 13.2. The van der Waals surface area contributed by atoms with E-state index in [2.05, 4.69) is 62.2 Å². The van der Waals surface area contributed by atoms with Crippen LogP contribution < -0.4 is 10.1 Å². The van der Waals surface area contributed by atoms with Crippen molar-refractivity contribution in [3.8, 4) is 5.75 Å². The van der Waals surface area contributed by atoms with Crippen molar-refractivity contribution < 1.29 is 23.5 Å². The van der Waals surface area contributed by atoms with Gasteiger partial charge in [0.15, 0.2) is 0 Å². The van der Waals surface area contributed by atoms with Crippen LogP contribution in [-0.4, -0.2) is 61.3 Å². The number of hydrogen-bond acceptors (Lipinski definition) is 4. The number of quaternary nitrogens is 1. The molecule has 2 aliphatic rings. The van der Waals surface area contributed by atoms with E-state index in [1.165, 1.54) is 12.5 Å². The molecule has 1 saturated heterocycles. The van der Waals surface area contributed by atoms with E-state index in [1.807, 2.05) is 31.4 Å². The fourth-order valence-corrected chi connectivity index (χ4v) is 8.17. The van der Waals surface area contributed by atoms with Gasteiger partial charge in [-0.15, -0.1) is 0 Å². The number of ether oxygens (including phenoxy) is 2. The number of piperidine rings is 1. The number of nitrogens with one attached hydrogen (secondary N) is 1. The predicted octanol–water partition coefficient (Wildman–Crippen LogP) is 6.77. The van der Waals surface area contributed by atoms with Gasteiger partial charge in [-0.1, -0.05) is 69.3 Å². The first-order chi connectivity index (χ1) is 20.6. The molecule has 2 fully saturated rings. The Hall–Kier alpha value is -2.96. The van der Waals surface area contributed by atoms with Crippen LogP contribution in [0.5, 0.6) is 5.75 Å². The van der Waals surface area contributed by atoms with Gasteiger partial charge in [0.1, 0.15) is 17.9 Å². The lowest BCUT2D eigenvalue weighted by molar-refractivity contribution is -0.938. The molecule has 0 bridgehead atoms. The summed E-state index contributed by atoms with van der Waals surface area (Å²) in [6.07, 6.45) is 10.2. The summed E-state index contributed by atoms with van der Waals surface area (Å²) in [5, 5.41) is 3.42. The van der Waals surface area contributed by atoms with Gasteiger partial charge < -0.3 is 19.3 Å². The smallest absolute Gasteiger partial charge is 0.308 e. The maximum Gasteiger partial charge on any atom is 0.308 e. The second-order valence-corrected chi connectivity index (χ2v) is 13.5. The molecule has 6 heteroatoms. The van der Waals surface area contributed by atoms with Crippen LogP contribution in [0.4, 0.5) is 0 Å². The van der Waals surface area contributed by atoms with Crippen molar-refractivity contribution in [3.05, 3.63) is 78.4 Å². The van der Waals surface area contributed by atoms with Gasteiger partial charge in [-0.25, -0.2) is 0 Å². The second-order valence-electron chi connectivity index (χ2n) is 13.5. The Labute approximate surface area is 259 Å². The molecule has 1 amide bonds. The lowest BCUT2D eigenvalue weighted by atomic mass is 9.54. The fraction of sp³-hybridized carbons (Fsp3) is 0.568. The van der Waals surface area contributed by atoms with Crippen molar-refractivity contribution in [1.29, 1.82) is 0 Å². The van der Waals surface area contributed by atoms with E-state index < -0.39 is 5.60 Å². The van der Waals surface area contributed by atoms with E-state index in [1.54, 1.807) is 0 Å². The Balaban J connectivity index is 1.52. The number of likely N-dealkylation sites (tertiary alicyclic amines) is 1. The van der Waals surface area contributed by atoms with Crippen molar-refractivity contribution in [1.82, 2.24) is 5.32 Å². The molecule has 0 spiro atoms. The second kappa shape index (κ2) is 14.7. The highest BCUT2D eigenvalue weighted by molar-refractivity contribution is 5.76. The standard InChI is InChI=1S/C37H52N2O4/c1-6-23-39(27-29(2)3)24-22-36(32-17-13-18-34(25-32)43-30(4)40)26-33(20-21-37(36,28-39)42-5)38-35(41)19-12-8-11-16-31-14-9-7-10-15-31/h6-7,9-10,13-15,17-18,25,29,33H,1,8,11-12,16,19-24,26-28H2,2-5H3/p+1/t33-,36+,37?,39-/m0/s1. The van der Waals surface area contributed by atoms with Crippen LogP contribution in [0.15, 0.2) is 67.3 Å². The molecule has 1 saturated carbocycles.